The van der Waals surface area contributed by atoms with E-state index in [1.807, 2.05) is 0 Å². The fourth-order valence-corrected chi connectivity index (χ4v) is 1.47. The van der Waals surface area contributed by atoms with Crippen LogP contribution in [0.2, 0.25) is 0 Å². The minimum absolute atomic E-state index is 0.0258. The lowest BCUT2D eigenvalue weighted by Crippen LogP contribution is -2.42. The molecule has 0 saturated carbocycles. The van der Waals surface area contributed by atoms with Crippen LogP contribution in [0.3, 0.4) is 0 Å². The predicted octanol–water partition coefficient (Wildman–Crippen LogP) is 1.23. The molecule has 0 aromatic carbocycles. The second-order valence-electron chi connectivity index (χ2n) is 5.24. The summed E-state index contributed by atoms with van der Waals surface area (Å²) in [4.78, 5) is 22.7. The second kappa shape index (κ2) is 6.04. The van der Waals surface area contributed by atoms with Gasteiger partial charge >= 0.3 is 12.1 Å². The van der Waals surface area contributed by atoms with E-state index >= 15 is 0 Å². The average molecular weight is 259 g/mol. The highest BCUT2D eigenvalue weighted by molar-refractivity contribution is 5.70. The Morgan fingerprint density at radius 2 is 2.06 bits per heavy atom. The number of carbonyl (C=O) groups excluding carboxylic acids is 2. The molecule has 1 heterocycles. The van der Waals surface area contributed by atoms with Gasteiger partial charge in [0, 0.05) is 6.42 Å². The summed E-state index contributed by atoms with van der Waals surface area (Å²) in [6.45, 7) is 5.98. The number of nitrogens with one attached hydrogen (secondary N) is 1. The molecule has 0 spiro atoms. The predicted molar refractivity (Wildman–Crippen MR) is 64.1 cm³/mol. The van der Waals surface area contributed by atoms with Crippen molar-refractivity contribution in [1.29, 1.82) is 0 Å². The Bertz CT molecular complexity index is 306. The number of alkyl carbamates (subject to hydrolysis) is 1. The largest absolute Gasteiger partial charge is 0.469 e. The molecule has 0 aromatic heterocycles. The summed E-state index contributed by atoms with van der Waals surface area (Å²) in [6.07, 6.45) is 0.211. The summed E-state index contributed by atoms with van der Waals surface area (Å²) in [5.41, 5.74) is -0.540. The first-order valence-electron chi connectivity index (χ1n) is 6.00. The van der Waals surface area contributed by atoms with Crippen molar-refractivity contribution in [2.75, 3.05) is 13.7 Å². The average Bonchev–Trinajstić information content (AvgIpc) is 3.04. The molecule has 0 aliphatic carbocycles. The molecule has 2 unspecified atom stereocenters. The zero-order chi connectivity index (χ0) is 13.8. The molecular formula is C12H21NO5. The van der Waals surface area contributed by atoms with E-state index in [0.29, 0.717) is 13.0 Å². The summed E-state index contributed by atoms with van der Waals surface area (Å²) < 4.78 is 14.9. The van der Waals surface area contributed by atoms with Crippen LogP contribution >= 0.6 is 0 Å². The molecule has 1 N–H and O–H groups in total. The van der Waals surface area contributed by atoms with Crippen LogP contribution in [-0.2, 0) is 19.0 Å². The number of amides is 1. The molecule has 0 bridgehead atoms. The first kappa shape index (κ1) is 14.8. The third-order valence-electron chi connectivity index (χ3n) is 2.40. The number of ether oxygens (including phenoxy) is 3. The topological polar surface area (TPSA) is 77.2 Å². The molecule has 0 aromatic rings. The van der Waals surface area contributed by atoms with E-state index < -0.39 is 11.7 Å². The Hall–Kier alpha value is -1.30. The van der Waals surface area contributed by atoms with Gasteiger partial charge < -0.3 is 19.5 Å². The molecule has 104 valence electrons. The minimum Gasteiger partial charge on any atom is -0.469 e. The molecule has 2 atom stereocenters. The maximum atomic E-state index is 11.6. The van der Waals surface area contributed by atoms with Crippen LogP contribution in [0.4, 0.5) is 4.79 Å². The third kappa shape index (κ3) is 5.86. The van der Waals surface area contributed by atoms with Crippen molar-refractivity contribution >= 4 is 12.1 Å². The van der Waals surface area contributed by atoms with Crippen molar-refractivity contribution in [3.05, 3.63) is 0 Å². The summed E-state index contributed by atoms with van der Waals surface area (Å²) in [5.74, 6) is -0.299. The van der Waals surface area contributed by atoms with E-state index in [-0.39, 0.29) is 24.5 Å². The number of hydrogen-bond donors (Lipinski definition) is 1. The van der Waals surface area contributed by atoms with Gasteiger partial charge in [-0.1, -0.05) is 0 Å². The Morgan fingerprint density at radius 1 is 1.44 bits per heavy atom. The van der Waals surface area contributed by atoms with E-state index in [0.717, 1.165) is 0 Å². The number of methoxy groups -OCH3 is 1. The van der Waals surface area contributed by atoms with Gasteiger partial charge in [-0.2, -0.15) is 0 Å². The number of epoxide rings is 1. The standard InChI is InChI=1S/C12H21NO5/c1-12(2,3)18-11(15)13-8(9-7-17-9)5-6-10(14)16-4/h8-9H,5-7H2,1-4H3,(H,13,15). The van der Waals surface area contributed by atoms with Crippen LogP contribution in [0.25, 0.3) is 0 Å². The Labute approximate surface area is 107 Å². The van der Waals surface area contributed by atoms with Gasteiger partial charge in [-0.3, -0.25) is 4.79 Å². The van der Waals surface area contributed by atoms with Gasteiger partial charge in [0.1, 0.15) is 11.7 Å². The summed E-state index contributed by atoms with van der Waals surface area (Å²) in [6, 6.07) is -0.209. The van der Waals surface area contributed by atoms with Crippen LogP contribution in [0.1, 0.15) is 33.6 Å². The van der Waals surface area contributed by atoms with Crippen molar-refractivity contribution in [3.63, 3.8) is 0 Å². The third-order valence-corrected chi connectivity index (χ3v) is 2.40. The molecule has 6 heteroatoms. The van der Waals surface area contributed by atoms with Crippen molar-refractivity contribution < 1.29 is 23.8 Å². The fourth-order valence-electron chi connectivity index (χ4n) is 1.47. The van der Waals surface area contributed by atoms with Crippen LogP contribution in [0.5, 0.6) is 0 Å². The fraction of sp³-hybridized carbons (Fsp3) is 0.833. The highest BCUT2D eigenvalue weighted by Crippen LogP contribution is 2.19. The molecule has 1 amide bonds. The molecule has 1 aliphatic heterocycles. The maximum Gasteiger partial charge on any atom is 0.407 e. The zero-order valence-corrected chi connectivity index (χ0v) is 11.3. The quantitative estimate of drug-likeness (QED) is 0.593. The van der Waals surface area contributed by atoms with Crippen molar-refractivity contribution in [2.45, 2.75) is 51.4 Å². The van der Waals surface area contributed by atoms with E-state index in [4.69, 9.17) is 9.47 Å². The first-order valence-corrected chi connectivity index (χ1v) is 6.00. The molecule has 1 rings (SSSR count). The van der Waals surface area contributed by atoms with Gasteiger partial charge in [0.15, 0.2) is 0 Å². The van der Waals surface area contributed by atoms with Gasteiger partial charge in [0.2, 0.25) is 0 Å². The second-order valence-corrected chi connectivity index (χ2v) is 5.24. The lowest BCUT2D eigenvalue weighted by Gasteiger charge is -2.22. The maximum absolute atomic E-state index is 11.6. The van der Waals surface area contributed by atoms with Crippen molar-refractivity contribution in [2.24, 2.45) is 0 Å². The lowest BCUT2D eigenvalue weighted by molar-refractivity contribution is -0.140. The van der Waals surface area contributed by atoms with Gasteiger partial charge in [-0.15, -0.1) is 0 Å². The number of hydrogen-bond acceptors (Lipinski definition) is 5. The number of carbonyl (C=O) groups is 2. The summed E-state index contributed by atoms with van der Waals surface area (Å²) in [7, 11) is 1.34. The summed E-state index contributed by atoms with van der Waals surface area (Å²) in [5, 5.41) is 2.72. The molecule has 1 aliphatic rings. The SMILES string of the molecule is COC(=O)CCC(NC(=O)OC(C)(C)C)C1CO1. The smallest absolute Gasteiger partial charge is 0.407 e. The normalized spacial score (nSPS) is 19.9. The molecule has 6 nitrogen and oxygen atoms in total. The van der Waals surface area contributed by atoms with Crippen molar-refractivity contribution in [1.82, 2.24) is 5.32 Å². The molecule has 18 heavy (non-hydrogen) atoms. The Morgan fingerprint density at radius 3 is 2.50 bits per heavy atom. The van der Waals surface area contributed by atoms with Crippen LogP contribution < -0.4 is 5.32 Å². The molecular weight excluding hydrogens is 238 g/mol. The van der Waals surface area contributed by atoms with Crippen molar-refractivity contribution in [3.8, 4) is 0 Å². The van der Waals surface area contributed by atoms with Gasteiger partial charge in [0.05, 0.1) is 19.8 Å². The van der Waals surface area contributed by atoms with Gasteiger partial charge in [-0.25, -0.2) is 4.79 Å². The van der Waals surface area contributed by atoms with Crippen LogP contribution in [0, 0.1) is 0 Å². The summed E-state index contributed by atoms with van der Waals surface area (Å²) >= 11 is 0. The highest BCUT2D eigenvalue weighted by atomic mass is 16.6. The van der Waals surface area contributed by atoms with E-state index in [9.17, 15) is 9.59 Å². The number of esters is 1. The molecule has 1 fully saturated rings. The van der Waals surface area contributed by atoms with E-state index in [1.165, 1.54) is 7.11 Å². The lowest BCUT2D eigenvalue weighted by atomic mass is 10.1. The van der Waals surface area contributed by atoms with Gasteiger partial charge in [-0.05, 0) is 27.2 Å². The van der Waals surface area contributed by atoms with Crippen LogP contribution in [0.15, 0.2) is 0 Å². The molecule has 0 radical (unpaired) electrons. The molecule has 1 saturated heterocycles. The zero-order valence-electron chi connectivity index (χ0n) is 11.3. The number of rotatable bonds is 5. The highest BCUT2D eigenvalue weighted by Gasteiger charge is 2.35. The Kier molecular flexibility index (Phi) is 4.95. The first-order chi connectivity index (χ1) is 8.31. The van der Waals surface area contributed by atoms with Crippen LogP contribution in [-0.4, -0.2) is 43.5 Å². The Balaban J connectivity index is 2.38. The van der Waals surface area contributed by atoms with E-state index in [2.05, 4.69) is 10.1 Å². The van der Waals surface area contributed by atoms with E-state index in [1.54, 1.807) is 20.8 Å². The van der Waals surface area contributed by atoms with Gasteiger partial charge in [0.25, 0.3) is 0 Å². The monoisotopic (exact) mass is 259 g/mol. The minimum atomic E-state index is -0.540.